The topological polar surface area (TPSA) is 95.6 Å². The van der Waals surface area contributed by atoms with Crippen molar-refractivity contribution in [1.82, 2.24) is 5.32 Å². The van der Waals surface area contributed by atoms with E-state index in [9.17, 15) is 15.0 Å². The summed E-state index contributed by atoms with van der Waals surface area (Å²) in [5.74, 6) is 4.99. The fraction of sp³-hybridized carbons (Fsp3) is 0.133. The molecule has 1 aromatic heterocycles. The smallest absolute Gasteiger partial charge is 0.251 e. The van der Waals surface area contributed by atoms with Crippen LogP contribution in [0.15, 0.2) is 29.6 Å². The zero-order valence-corrected chi connectivity index (χ0v) is 11.9. The number of carbonyl (C=O) groups is 1. The molecule has 2 rings (SSSR count). The van der Waals surface area contributed by atoms with Crippen LogP contribution in [-0.4, -0.2) is 22.7 Å². The van der Waals surface area contributed by atoms with E-state index < -0.39 is 0 Å². The van der Waals surface area contributed by atoms with Crippen molar-refractivity contribution in [2.75, 3.05) is 6.54 Å². The van der Waals surface area contributed by atoms with Crippen molar-refractivity contribution in [2.24, 2.45) is 5.73 Å². The molecule has 0 fully saturated rings. The van der Waals surface area contributed by atoms with E-state index in [-0.39, 0.29) is 23.0 Å². The first-order valence-electron chi connectivity index (χ1n) is 6.16. The Morgan fingerprint density at radius 3 is 2.62 bits per heavy atom. The van der Waals surface area contributed by atoms with Crippen LogP contribution < -0.4 is 11.1 Å². The summed E-state index contributed by atoms with van der Waals surface area (Å²) in [6.45, 7) is 0.660. The molecule has 5 N–H and O–H groups in total. The molecule has 5 nitrogen and oxygen atoms in total. The summed E-state index contributed by atoms with van der Waals surface area (Å²) >= 11 is 1.49. The molecule has 0 aliphatic rings. The van der Waals surface area contributed by atoms with Gasteiger partial charge >= 0.3 is 0 Å². The molecular formula is C15H14N2O3S. The van der Waals surface area contributed by atoms with Crippen molar-refractivity contribution in [3.05, 3.63) is 45.6 Å². The highest BCUT2D eigenvalue weighted by Gasteiger charge is 2.09. The van der Waals surface area contributed by atoms with Crippen molar-refractivity contribution in [2.45, 2.75) is 6.54 Å². The van der Waals surface area contributed by atoms with Gasteiger partial charge in [0.05, 0.1) is 13.1 Å². The summed E-state index contributed by atoms with van der Waals surface area (Å²) in [4.78, 5) is 12.9. The normalized spacial score (nSPS) is 9.76. The van der Waals surface area contributed by atoms with Gasteiger partial charge in [-0.05, 0) is 18.2 Å². The average molecular weight is 302 g/mol. The molecule has 0 radical (unpaired) electrons. The van der Waals surface area contributed by atoms with Gasteiger partial charge < -0.3 is 21.3 Å². The van der Waals surface area contributed by atoms with Crippen LogP contribution in [0.3, 0.4) is 0 Å². The lowest BCUT2D eigenvalue weighted by Gasteiger charge is -2.05. The van der Waals surface area contributed by atoms with Gasteiger partial charge in [-0.1, -0.05) is 11.8 Å². The second-order valence-electron chi connectivity index (χ2n) is 4.23. The molecular weight excluding hydrogens is 288 g/mol. The lowest BCUT2D eigenvalue weighted by Crippen LogP contribution is -2.22. The van der Waals surface area contributed by atoms with Crippen LogP contribution >= 0.6 is 11.3 Å². The van der Waals surface area contributed by atoms with Crippen LogP contribution in [0.4, 0.5) is 0 Å². The predicted octanol–water partition coefficient (Wildman–Crippen LogP) is 1.40. The van der Waals surface area contributed by atoms with Gasteiger partial charge in [0.25, 0.3) is 5.91 Å². The summed E-state index contributed by atoms with van der Waals surface area (Å²) in [6, 6.07) is 5.63. The molecule has 6 heteroatoms. The third kappa shape index (κ3) is 4.24. The van der Waals surface area contributed by atoms with Gasteiger partial charge in [-0.3, -0.25) is 4.79 Å². The van der Waals surface area contributed by atoms with Gasteiger partial charge in [0.15, 0.2) is 0 Å². The summed E-state index contributed by atoms with van der Waals surface area (Å²) in [5, 5.41) is 23.3. The fourth-order valence-electron chi connectivity index (χ4n) is 1.69. The highest BCUT2D eigenvalue weighted by molar-refractivity contribution is 7.10. The van der Waals surface area contributed by atoms with E-state index >= 15 is 0 Å². The molecule has 0 aliphatic heterocycles. The lowest BCUT2D eigenvalue weighted by molar-refractivity contribution is 0.0950. The highest BCUT2D eigenvalue weighted by atomic mass is 32.1. The number of nitrogens with two attached hydrogens (primary N) is 1. The molecule has 1 heterocycles. The van der Waals surface area contributed by atoms with E-state index in [1.165, 1.54) is 29.5 Å². The minimum atomic E-state index is -0.371. The second-order valence-corrected chi connectivity index (χ2v) is 5.22. The molecule has 108 valence electrons. The van der Waals surface area contributed by atoms with Crippen LogP contribution in [-0.2, 0) is 6.54 Å². The second kappa shape index (κ2) is 6.79. The van der Waals surface area contributed by atoms with Crippen LogP contribution in [0.1, 0.15) is 20.8 Å². The van der Waals surface area contributed by atoms with E-state index in [1.54, 1.807) is 0 Å². The number of amides is 1. The molecule has 21 heavy (non-hydrogen) atoms. The number of thiophene rings is 1. The van der Waals surface area contributed by atoms with Crippen molar-refractivity contribution in [3.8, 4) is 23.3 Å². The first-order valence-corrected chi connectivity index (χ1v) is 7.04. The maximum atomic E-state index is 11.9. The minimum Gasteiger partial charge on any atom is -0.508 e. The van der Waals surface area contributed by atoms with E-state index in [0.29, 0.717) is 13.1 Å². The summed E-state index contributed by atoms with van der Waals surface area (Å²) in [7, 11) is 0. The maximum Gasteiger partial charge on any atom is 0.251 e. The number of benzene rings is 1. The lowest BCUT2D eigenvalue weighted by atomic mass is 10.2. The largest absolute Gasteiger partial charge is 0.508 e. The third-order valence-electron chi connectivity index (χ3n) is 2.58. The third-order valence-corrected chi connectivity index (χ3v) is 3.51. The van der Waals surface area contributed by atoms with Crippen LogP contribution in [0.2, 0.25) is 0 Å². The fourth-order valence-corrected chi connectivity index (χ4v) is 2.44. The number of hydrogen-bond acceptors (Lipinski definition) is 5. The predicted molar refractivity (Wildman–Crippen MR) is 81.2 cm³/mol. The number of phenols is 2. The summed E-state index contributed by atoms with van der Waals surface area (Å²) in [5.41, 5.74) is 6.37. The van der Waals surface area contributed by atoms with E-state index in [0.717, 1.165) is 10.4 Å². The first kappa shape index (κ1) is 14.9. The van der Waals surface area contributed by atoms with E-state index in [1.807, 2.05) is 11.4 Å². The molecule has 1 aromatic carbocycles. The molecule has 0 unspecified atom stereocenters. The Hall–Kier alpha value is -2.49. The van der Waals surface area contributed by atoms with Crippen molar-refractivity contribution in [3.63, 3.8) is 0 Å². The molecule has 0 saturated carbocycles. The molecule has 0 saturated heterocycles. The van der Waals surface area contributed by atoms with Gasteiger partial charge in [-0.25, -0.2) is 0 Å². The highest BCUT2D eigenvalue weighted by Crippen LogP contribution is 2.20. The quantitative estimate of drug-likeness (QED) is 0.644. The number of rotatable bonds is 3. The number of phenolic OH excluding ortho intramolecular Hbond substituents is 2. The Kier molecular flexibility index (Phi) is 4.82. The summed E-state index contributed by atoms with van der Waals surface area (Å²) < 4.78 is 0. The maximum absolute atomic E-state index is 11.9. The number of hydrogen-bond donors (Lipinski definition) is 4. The Morgan fingerprint density at radius 2 is 1.95 bits per heavy atom. The van der Waals surface area contributed by atoms with Crippen molar-refractivity contribution < 1.29 is 15.0 Å². The molecule has 1 amide bonds. The molecule has 0 aliphatic carbocycles. The summed E-state index contributed by atoms with van der Waals surface area (Å²) in [6.07, 6.45) is 0. The minimum absolute atomic E-state index is 0.157. The Morgan fingerprint density at radius 1 is 1.24 bits per heavy atom. The van der Waals surface area contributed by atoms with Gasteiger partial charge in [0, 0.05) is 27.5 Å². The van der Waals surface area contributed by atoms with Crippen molar-refractivity contribution >= 4 is 17.2 Å². The SMILES string of the molecule is NCC#Cc1csc(CNC(=O)c2cc(O)cc(O)c2)c1. The van der Waals surface area contributed by atoms with Crippen LogP contribution in [0.5, 0.6) is 11.5 Å². The molecule has 0 bridgehead atoms. The molecule has 0 atom stereocenters. The molecule has 2 aromatic rings. The van der Waals surface area contributed by atoms with Gasteiger partial charge in [-0.15, -0.1) is 11.3 Å². The number of aromatic hydroxyl groups is 2. The van der Waals surface area contributed by atoms with Gasteiger partial charge in [-0.2, -0.15) is 0 Å². The Balaban J connectivity index is 1.99. The van der Waals surface area contributed by atoms with Crippen LogP contribution in [0.25, 0.3) is 0 Å². The number of carbonyl (C=O) groups excluding carboxylic acids is 1. The standard InChI is InChI=1S/C15H14N2O3S/c16-3-1-2-10-4-14(21-9-10)8-17-15(20)11-5-12(18)7-13(19)6-11/h4-7,9,18-19H,3,8,16H2,(H,17,20). The zero-order chi connectivity index (χ0) is 15.2. The average Bonchev–Trinajstić information content (AvgIpc) is 2.89. The van der Waals surface area contributed by atoms with E-state index in [4.69, 9.17) is 5.73 Å². The zero-order valence-electron chi connectivity index (χ0n) is 11.1. The van der Waals surface area contributed by atoms with Crippen molar-refractivity contribution in [1.29, 1.82) is 0 Å². The van der Waals surface area contributed by atoms with E-state index in [2.05, 4.69) is 17.2 Å². The number of nitrogens with one attached hydrogen (secondary N) is 1. The monoisotopic (exact) mass is 302 g/mol. The van der Waals surface area contributed by atoms with Gasteiger partial charge in [0.1, 0.15) is 11.5 Å². The Labute approximate surface area is 126 Å². The van der Waals surface area contributed by atoms with Crippen LogP contribution in [0, 0.1) is 11.8 Å². The van der Waals surface area contributed by atoms with Gasteiger partial charge in [0.2, 0.25) is 0 Å². The molecule has 0 spiro atoms. The first-order chi connectivity index (χ1) is 10.1. The Bertz CT molecular complexity index is 693.